The van der Waals surface area contributed by atoms with Crippen molar-refractivity contribution in [1.82, 2.24) is 0 Å². The van der Waals surface area contributed by atoms with Gasteiger partial charge in [-0.1, -0.05) is 103 Å². The van der Waals surface area contributed by atoms with Gasteiger partial charge in [0.1, 0.15) is 5.41 Å². The molecule has 3 heteroatoms. The Morgan fingerprint density at radius 3 is 2.18 bits per heavy atom. The van der Waals surface area contributed by atoms with E-state index in [4.69, 9.17) is 0 Å². The summed E-state index contributed by atoms with van der Waals surface area (Å²) >= 11 is 0. The van der Waals surface area contributed by atoms with Crippen molar-refractivity contribution < 1.29 is 9.59 Å². The van der Waals surface area contributed by atoms with Gasteiger partial charge in [-0.3, -0.25) is 9.59 Å². The summed E-state index contributed by atoms with van der Waals surface area (Å²) in [6.45, 7) is 2.55. The predicted octanol–water partition coefficient (Wildman–Crippen LogP) is 6.20. The van der Waals surface area contributed by atoms with Gasteiger partial charge in [0.2, 0.25) is 5.91 Å². The van der Waals surface area contributed by atoms with E-state index in [1.54, 1.807) is 0 Å². The molecule has 0 radical (unpaired) electrons. The molecular formula is C31H25NO2. The summed E-state index contributed by atoms with van der Waals surface area (Å²) in [6.07, 6.45) is 0.305. The van der Waals surface area contributed by atoms with Gasteiger partial charge in [-0.2, -0.15) is 0 Å². The lowest BCUT2D eigenvalue weighted by Gasteiger charge is -2.41. The molecule has 2 aliphatic rings. The van der Waals surface area contributed by atoms with Gasteiger partial charge in [0, 0.05) is 23.6 Å². The number of ketones is 1. The minimum Gasteiger partial charge on any atom is -0.307 e. The lowest BCUT2D eigenvalue weighted by atomic mass is 9.58. The van der Waals surface area contributed by atoms with Gasteiger partial charge < -0.3 is 4.90 Å². The molecule has 2 atom stereocenters. The van der Waals surface area contributed by atoms with Crippen molar-refractivity contribution in [3.8, 4) is 0 Å². The fourth-order valence-corrected chi connectivity index (χ4v) is 5.87. The summed E-state index contributed by atoms with van der Waals surface area (Å²) in [5, 5.41) is 0. The first-order chi connectivity index (χ1) is 16.6. The van der Waals surface area contributed by atoms with E-state index in [1.807, 2.05) is 65.6 Å². The van der Waals surface area contributed by atoms with E-state index in [1.165, 1.54) is 0 Å². The Kier molecular flexibility index (Phi) is 4.73. The molecule has 0 N–H and O–H groups in total. The minimum atomic E-state index is -0.939. The molecule has 3 nitrogen and oxygen atoms in total. The van der Waals surface area contributed by atoms with E-state index < -0.39 is 5.41 Å². The maximum absolute atomic E-state index is 14.7. The summed E-state index contributed by atoms with van der Waals surface area (Å²) in [4.78, 5) is 29.9. The molecule has 6 rings (SSSR count). The first kappa shape index (κ1) is 20.6. The van der Waals surface area contributed by atoms with E-state index >= 15 is 0 Å². The second-order valence-corrected chi connectivity index (χ2v) is 9.34. The minimum absolute atomic E-state index is 0.0445. The maximum Gasteiger partial charge on any atom is 0.243 e. The van der Waals surface area contributed by atoms with Crippen LogP contribution in [-0.2, 0) is 16.8 Å². The molecule has 0 aromatic heterocycles. The van der Waals surface area contributed by atoms with Crippen LogP contribution in [0.25, 0.3) is 0 Å². The maximum atomic E-state index is 14.7. The number of benzene rings is 4. The molecule has 4 aromatic rings. The zero-order valence-electron chi connectivity index (χ0n) is 19.1. The second kappa shape index (κ2) is 7.81. The Morgan fingerprint density at radius 2 is 1.41 bits per heavy atom. The summed E-state index contributed by atoms with van der Waals surface area (Å²) in [6, 6.07) is 34.2. The summed E-state index contributed by atoms with van der Waals surface area (Å²) in [5.74, 6) is -0.133. The molecule has 0 saturated carbocycles. The van der Waals surface area contributed by atoms with E-state index in [-0.39, 0.29) is 17.6 Å². The zero-order valence-corrected chi connectivity index (χ0v) is 19.1. The molecular weight excluding hydrogens is 418 g/mol. The van der Waals surface area contributed by atoms with Crippen molar-refractivity contribution in [1.29, 1.82) is 0 Å². The number of nitrogens with zero attached hydrogens (tertiary/aromatic N) is 1. The Balaban J connectivity index is 1.62. The van der Waals surface area contributed by atoms with Gasteiger partial charge in [0.05, 0.1) is 6.54 Å². The summed E-state index contributed by atoms with van der Waals surface area (Å²) in [7, 11) is 0. The van der Waals surface area contributed by atoms with Gasteiger partial charge in [0.25, 0.3) is 0 Å². The number of hydrogen-bond donors (Lipinski definition) is 0. The number of fused-ring (bicyclic) bond motifs is 4. The SMILES string of the molecule is Cc1ccc([C@@H]2CC(=O)c3ccccc3[C@@]23C(=O)N(Cc2ccccc2)c2ccccc23)cc1. The average molecular weight is 444 g/mol. The van der Waals surface area contributed by atoms with Crippen molar-refractivity contribution in [3.63, 3.8) is 0 Å². The Bertz CT molecular complexity index is 1410. The number of Topliss-reactive ketones (excluding diaryl/α,β-unsaturated/α-hetero) is 1. The van der Waals surface area contributed by atoms with Crippen LogP contribution in [0.5, 0.6) is 0 Å². The van der Waals surface area contributed by atoms with Crippen LogP contribution in [0.2, 0.25) is 0 Å². The van der Waals surface area contributed by atoms with Gasteiger partial charge in [-0.15, -0.1) is 0 Å². The Labute approximate surface area is 199 Å². The molecule has 4 aromatic carbocycles. The van der Waals surface area contributed by atoms with Crippen LogP contribution < -0.4 is 4.90 Å². The van der Waals surface area contributed by atoms with Crippen molar-refractivity contribution in [2.75, 3.05) is 4.90 Å². The number of para-hydroxylation sites is 1. The number of carbonyl (C=O) groups excluding carboxylic acids is 2. The monoisotopic (exact) mass is 443 g/mol. The number of amides is 1. The van der Waals surface area contributed by atoms with Crippen LogP contribution in [0.1, 0.15) is 50.5 Å². The fraction of sp³-hybridized carbons (Fsp3) is 0.161. The lowest BCUT2D eigenvalue weighted by molar-refractivity contribution is -0.122. The molecule has 0 saturated heterocycles. The van der Waals surface area contributed by atoms with Crippen LogP contribution in [-0.4, -0.2) is 11.7 Å². The number of carbonyl (C=O) groups is 2. The quantitative estimate of drug-likeness (QED) is 0.378. The van der Waals surface area contributed by atoms with Crippen LogP contribution in [0.4, 0.5) is 5.69 Å². The molecule has 0 unspecified atom stereocenters. The van der Waals surface area contributed by atoms with Crippen LogP contribution in [0, 0.1) is 6.92 Å². The molecule has 166 valence electrons. The largest absolute Gasteiger partial charge is 0.307 e. The highest BCUT2D eigenvalue weighted by atomic mass is 16.2. The lowest BCUT2D eigenvalue weighted by Crippen LogP contribution is -2.49. The molecule has 1 amide bonds. The van der Waals surface area contributed by atoms with E-state index in [0.717, 1.165) is 33.5 Å². The number of aryl methyl sites for hydroxylation is 1. The second-order valence-electron chi connectivity index (χ2n) is 9.34. The normalized spacial score (nSPS) is 21.0. The first-order valence-corrected chi connectivity index (χ1v) is 11.8. The first-order valence-electron chi connectivity index (χ1n) is 11.8. The van der Waals surface area contributed by atoms with E-state index in [0.29, 0.717) is 18.5 Å². The number of hydrogen-bond acceptors (Lipinski definition) is 2. The predicted molar refractivity (Wildman–Crippen MR) is 134 cm³/mol. The van der Waals surface area contributed by atoms with Crippen LogP contribution in [0.15, 0.2) is 103 Å². The molecule has 1 aliphatic heterocycles. The summed E-state index contributed by atoms with van der Waals surface area (Å²) < 4.78 is 0. The molecule has 1 spiro atoms. The zero-order chi connectivity index (χ0) is 23.3. The number of anilines is 1. The van der Waals surface area contributed by atoms with Crippen molar-refractivity contribution >= 4 is 17.4 Å². The Morgan fingerprint density at radius 1 is 0.765 bits per heavy atom. The average Bonchev–Trinajstić information content (AvgIpc) is 3.11. The smallest absolute Gasteiger partial charge is 0.243 e. The van der Waals surface area contributed by atoms with Gasteiger partial charge in [0.15, 0.2) is 5.78 Å². The van der Waals surface area contributed by atoms with E-state index in [2.05, 4.69) is 49.4 Å². The topological polar surface area (TPSA) is 37.4 Å². The highest BCUT2D eigenvalue weighted by molar-refractivity contribution is 6.15. The van der Waals surface area contributed by atoms with Crippen molar-refractivity contribution in [2.24, 2.45) is 0 Å². The van der Waals surface area contributed by atoms with Crippen LogP contribution in [0.3, 0.4) is 0 Å². The number of rotatable bonds is 3. The Hall–Kier alpha value is -3.98. The third kappa shape index (κ3) is 2.90. The molecule has 0 fully saturated rings. The molecule has 1 aliphatic carbocycles. The molecule has 34 heavy (non-hydrogen) atoms. The standard InChI is InChI=1S/C31H25NO2/c1-21-15-17-23(18-16-21)27-19-29(33)24-11-5-6-12-25(24)31(27)26-13-7-8-14-28(26)32(30(31)34)20-22-9-3-2-4-10-22/h2-18,27H,19-20H2,1H3/t27-,31-/m0/s1. The molecule has 1 heterocycles. The van der Waals surface area contributed by atoms with Crippen molar-refractivity contribution in [3.05, 3.63) is 137 Å². The van der Waals surface area contributed by atoms with Crippen molar-refractivity contribution in [2.45, 2.75) is 31.2 Å². The highest BCUT2D eigenvalue weighted by Gasteiger charge is 2.60. The summed E-state index contributed by atoms with van der Waals surface area (Å²) in [5.41, 5.74) is 5.72. The van der Waals surface area contributed by atoms with Gasteiger partial charge in [-0.05, 0) is 35.2 Å². The fourth-order valence-electron chi connectivity index (χ4n) is 5.87. The van der Waals surface area contributed by atoms with E-state index in [9.17, 15) is 9.59 Å². The van der Waals surface area contributed by atoms with Gasteiger partial charge >= 0.3 is 0 Å². The highest BCUT2D eigenvalue weighted by Crippen LogP contribution is 2.58. The van der Waals surface area contributed by atoms with Gasteiger partial charge in [-0.25, -0.2) is 0 Å². The van der Waals surface area contributed by atoms with Crippen LogP contribution >= 0.6 is 0 Å². The third-order valence-corrected chi connectivity index (χ3v) is 7.43. The third-order valence-electron chi connectivity index (χ3n) is 7.43. The molecule has 0 bridgehead atoms.